The number of alkyl halides is 1. The zero-order valence-corrected chi connectivity index (χ0v) is 12.8. The van der Waals surface area contributed by atoms with Crippen molar-refractivity contribution in [2.75, 3.05) is 0 Å². The fourth-order valence-electron chi connectivity index (χ4n) is 3.00. The predicted molar refractivity (Wildman–Crippen MR) is 83.7 cm³/mol. The molecule has 1 atom stereocenters. The van der Waals surface area contributed by atoms with Gasteiger partial charge in [0.25, 0.3) is 0 Å². The van der Waals surface area contributed by atoms with E-state index in [-0.39, 0.29) is 5.38 Å². The third kappa shape index (κ3) is 3.05. The lowest BCUT2D eigenvalue weighted by molar-refractivity contribution is 0.443. The van der Waals surface area contributed by atoms with E-state index in [4.69, 9.17) is 27.6 Å². The van der Waals surface area contributed by atoms with Crippen molar-refractivity contribution < 1.29 is 4.42 Å². The SMILES string of the molecule is Clc1ccc(C(Cl)c2ccc(C3CCCCC3)cc2)o1. The van der Waals surface area contributed by atoms with Crippen molar-refractivity contribution >= 4 is 23.2 Å². The smallest absolute Gasteiger partial charge is 0.193 e. The predicted octanol–water partition coefficient (Wildman–Crippen LogP) is 6.31. The molecule has 0 radical (unpaired) electrons. The van der Waals surface area contributed by atoms with Gasteiger partial charge in [0.1, 0.15) is 11.1 Å². The minimum Gasteiger partial charge on any atom is -0.448 e. The number of halogens is 2. The fourth-order valence-corrected chi connectivity index (χ4v) is 3.42. The highest BCUT2D eigenvalue weighted by Gasteiger charge is 2.18. The van der Waals surface area contributed by atoms with Crippen molar-refractivity contribution in [1.29, 1.82) is 0 Å². The molecule has 1 aromatic carbocycles. The van der Waals surface area contributed by atoms with E-state index in [1.165, 1.54) is 37.7 Å². The normalized spacial score (nSPS) is 18.1. The maximum absolute atomic E-state index is 6.43. The first-order valence-corrected chi connectivity index (χ1v) is 8.04. The van der Waals surface area contributed by atoms with Gasteiger partial charge in [-0.1, -0.05) is 43.5 Å². The number of hydrogen-bond donors (Lipinski definition) is 0. The van der Waals surface area contributed by atoms with Crippen LogP contribution in [0.1, 0.15) is 60.3 Å². The molecule has 0 N–H and O–H groups in total. The van der Waals surface area contributed by atoms with Crippen molar-refractivity contribution in [2.45, 2.75) is 43.4 Å². The van der Waals surface area contributed by atoms with E-state index in [2.05, 4.69) is 24.3 Å². The van der Waals surface area contributed by atoms with Crippen molar-refractivity contribution in [3.8, 4) is 0 Å². The zero-order chi connectivity index (χ0) is 13.9. The Hall–Kier alpha value is -0.920. The Morgan fingerprint density at radius 2 is 1.65 bits per heavy atom. The van der Waals surface area contributed by atoms with Gasteiger partial charge in [-0.25, -0.2) is 0 Å². The van der Waals surface area contributed by atoms with Crippen LogP contribution in [0.15, 0.2) is 40.8 Å². The summed E-state index contributed by atoms with van der Waals surface area (Å²) in [6.45, 7) is 0. The van der Waals surface area contributed by atoms with Crippen LogP contribution in [-0.2, 0) is 0 Å². The van der Waals surface area contributed by atoms with Crippen molar-refractivity contribution in [1.82, 2.24) is 0 Å². The Kier molecular flexibility index (Phi) is 4.38. The minimum absolute atomic E-state index is 0.275. The van der Waals surface area contributed by atoms with E-state index in [1.54, 1.807) is 6.07 Å². The second-order valence-electron chi connectivity index (χ2n) is 5.51. The molecule has 1 aliphatic carbocycles. The second kappa shape index (κ2) is 6.24. The van der Waals surface area contributed by atoms with Crippen LogP contribution in [0.3, 0.4) is 0 Å². The number of hydrogen-bond acceptors (Lipinski definition) is 1. The molecule has 0 spiro atoms. The largest absolute Gasteiger partial charge is 0.448 e. The maximum Gasteiger partial charge on any atom is 0.193 e. The van der Waals surface area contributed by atoms with E-state index < -0.39 is 0 Å². The third-order valence-corrected chi connectivity index (χ3v) is 4.82. The molecule has 0 saturated heterocycles. The van der Waals surface area contributed by atoms with Crippen LogP contribution in [-0.4, -0.2) is 0 Å². The average Bonchev–Trinajstić information content (AvgIpc) is 2.94. The highest BCUT2D eigenvalue weighted by Crippen LogP contribution is 2.35. The van der Waals surface area contributed by atoms with Crippen molar-refractivity contribution in [3.05, 3.63) is 58.5 Å². The van der Waals surface area contributed by atoms with Gasteiger partial charge in [0.15, 0.2) is 5.22 Å². The molecule has 1 heterocycles. The molecule has 1 fully saturated rings. The van der Waals surface area contributed by atoms with Crippen LogP contribution in [0.5, 0.6) is 0 Å². The van der Waals surface area contributed by atoms with Gasteiger partial charge in [0, 0.05) is 0 Å². The lowest BCUT2D eigenvalue weighted by atomic mass is 9.84. The van der Waals surface area contributed by atoms with Gasteiger partial charge >= 0.3 is 0 Å². The minimum atomic E-state index is -0.275. The van der Waals surface area contributed by atoms with Crippen LogP contribution in [0, 0.1) is 0 Å². The van der Waals surface area contributed by atoms with Crippen LogP contribution in [0.4, 0.5) is 0 Å². The Morgan fingerprint density at radius 1 is 0.950 bits per heavy atom. The van der Waals surface area contributed by atoms with Crippen LogP contribution < -0.4 is 0 Å². The standard InChI is InChI=1S/C17H18Cl2O/c18-16-11-10-15(20-16)17(19)14-8-6-13(7-9-14)12-4-2-1-3-5-12/h6-12,17H,1-5H2. The molecule has 20 heavy (non-hydrogen) atoms. The zero-order valence-electron chi connectivity index (χ0n) is 11.3. The molecule has 2 aromatic rings. The van der Waals surface area contributed by atoms with Gasteiger partial charge in [-0.3, -0.25) is 0 Å². The molecule has 1 nitrogen and oxygen atoms in total. The van der Waals surface area contributed by atoms with E-state index >= 15 is 0 Å². The summed E-state index contributed by atoms with van der Waals surface area (Å²) >= 11 is 12.2. The highest BCUT2D eigenvalue weighted by molar-refractivity contribution is 6.29. The molecular formula is C17H18Cl2O. The summed E-state index contributed by atoms with van der Waals surface area (Å²) in [5.74, 6) is 1.42. The first-order valence-electron chi connectivity index (χ1n) is 7.23. The average molecular weight is 309 g/mol. The van der Waals surface area contributed by atoms with Gasteiger partial charge in [0.2, 0.25) is 0 Å². The Bertz CT molecular complexity index is 553. The summed E-state index contributed by atoms with van der Waals surface area (Å²) in [5, 5.41) is 0.104. The first kappa shape index (κ1) is 14.0. The van der Waals surface area contributed by atoms with Gasteiger partial charge in [-0.05, 0) is 53.6 Å². The lowest BCUT2D eigenvalue weighted by Crippen LogP contribution is -2.04. The summed E-state index contributed by atoms with van der Waals surface area (Å²) < 4.78 is 5.38. The maximum atomic E-state index is 6.43. The molecule has 0 bridgehead atoms. The van der Waals surface area contributed by atoms with Gasteiger partial charge in [0.05, 0.1) is 0 Å². The van der Waals surface area contributed by atoms with Crippen molar-refractivity contribution in [2.24, 2.45) is 0 Å². The quantitative estimate of drug-likeness (QED) is 0.606. The Labute approximate surface area is 129 Å². The molecule has 1 aromatic heterocycles. The van der Waals surface area contributed by atoms with E-state index in [9.17, 15) is 0 Å². The summed E-state index contributed by atoms with van der Waals surface area (Å²) in [7, 11) is 0. The molecule has 1 unspecified atom stereocenters. The molecular weight excluding hydrogens is 291 g/mol. The molecule has 1 saturated carbocycles. The van der Waals surface area contributed by atoms with Gasteiger partial charge < -0.3 is 4.42 Å². The van der Waals surface area contributed by atoms with Crippen LogP contribution in [0.25, 0.3) is 0 Å². The van der Waals surface area contributed by atoms with Crippen LogP contribution in [0.2, 0.25) is 5.22 Å². The third-order valence-electron chi connectivity index (χ3n) is 4.15. The van der Waals surface area contributed by atoms with Crippen molar-refractivity contribution in [3.63, 3.8) is 0 Å². The van der Waals surface area contributed by atoms with Gasteiger partial charge in [-0.2, -0.15) is 0 Å². The van der Waals surface area contributed by atoms with E-state index in [0.29, 0.717) is 11.0 Å². The van der Waals surface area contributed by atoms with E-state index in [0.717, 1.165) is 11.5 Å². The monoisotopic (exact) mass is 308 g/mol. The number of benzene rings is 1. The molecule has 3 rings (SSSR count). The molecule has 0 aliphatic heterocycles. The number of furan rings is 1. The van der Waals surface area contributed by atoms with Crippen LogP contribution >= 0.6 is 23.2 Å². The summed E-state index contributed by atoms with van der Waals surface area (Å²) in [4.78, 5) is 0. The van der Waals surface area contributed by atoms with Gasteiger partial charge in [-0.15, -0.1) is 11.6 Å². The topological polar surface area (TPSA) is 13.1 Å². The molecule has 3 heteroatoms. The highest BCUT2D eigenvalue weighted by atomic mass is 35.5. The lowest BCUT2D eigenvalue weighted by Gasteiger charge is -2.22. The molecule has 106 valence electrons. The second-order valence-corrected chi connectivity index (χ2v) is 6.31. The summed E-state index contributed by atoms with van der Waals surface area (Å²) in [6.07, 6.45) is 6.73. The molecule has 1 aliphatic rings. The fraction of sp³-hybridized carbons (Fsp3) is 0.412. The Balaban J connectivity index is 1.75. The first-order chi connectivity index (χ1) is 9.74. The number of rotatable bonds is 3. The molecule has 0 amide bonds. The van der Waals surface area contributed by atoms with E-state index in [1.807, 2.05) is 6.07 Å². The summed E-state index contributed by atoms with van der Waals surface area (Å²) in [6, 6.07) is 12.2. The summed E-state index contributed by atoms with van der Waals surface area (Å²) in [5.41, 5.74) is 2.49. The Morgan fingerprint density at radius 3 is 2.25 bits per heavy atom.